The molecule has 0 aromatic rings. The maximum Gasteiger partial charge on any atom is 1.00 e. The second-order valence-corrected chi connectivity index (χ2v) is 3.42. The molecule has 7 nitrogen and oxygen atoms in total. The van der Waals surface area contributed by atoms with Gasteiger partial charge in [0.25, 0.3) is 0 Å². The average Bonchev–Trinajstić information content (AvgIpc) is 2.14. The summed E-state index contributed by atoms with van der Waals surface area (Å²) in [7, 11) is -4.92. The van der Waals surface area contributed by atoms with Crippen LogP contribution in [0.15, 0.2) is 12.7 Å². The Balaban J connectivity index is -0.000000980. The number of carbonyl (C=O) groups excluding carboxylic acids is 1. The monoisotopic (exact) mass is 316 g/mol. The minimum atomic E-state index is -4.92. The first-order valence-corrected chi connectivity index (χ1v) is 5.45. The quantitative estimate of drug-likeness (QED) is 0.144. The summed E-state index contributed by atoms with van der Waals surface area (Å²) in [5.41, 5.74) is 0. The fraction of sp³-hybridized carbons (Fsp3) is 0.571. The zero-order valence-corrected chi connectivity index (χ0v) is 17.1. The Morgan fingerprint density at radius 1 is 1.18 bits per heavy atom. The maximum absolute atomic E-state index is 10.5. The van der Waals surface area contributed by atoms with E-state index < -0.39 is 13.8 Å². The normalized spacial score (nSPS) is 9.76. The molecule has 0 N–H and O–H groups in total. The number of carbonyl (C=O) groups is 1. The minimum Gasteiger partial charge on any atom is -0.790 e. The van der Waals surface area contributed by atoms with E-state index in [4.69, 9.17) is 4.74 Å². The average molecular weight is 316 g/mol. The van der Waals surface area contributed by atoms with Crippen LogP contribution in [-0.2, 0) is 23.4 Å². The van der Waals surface area contributed by atoms with Crippen molar-refractivity contribution in [1.82, 2.24) is 0 Å². The largest absolute Gasteiger partial charge is 1.00 e. The summed E-state index contributed by atoms with van der Waals surface area (Å²) in [6.45, 7) is 2.88. The van der Waals surface area contributed by atoms with Crippen LogP contribution in [-0.4, -0.2) is 32.4 Å². The molecule has 0 aromatic heterocycles. The van der Waals surface area contributed by atoms with E-state index in [0.717, 1.165) is 6.08 Å². The van der Waals surface area contributed by atoms with Gasteiger partial charge in [-0.1, -0.05) is 6.58 Å². The second kappa shape index (κ2) is 15.0. The van der Waals surface area contributed by atoms with Gasteiger partial charge in [-0.3, -0.25) is 0 Å². The van der Waals surface area contributed by atoms with Crippen LogP contribution in [0.5, 0.6) is 0 Å². The number of phosphoric acid groups is 1. The third kappa shape index (κ3) is 21.0. The van der Waals surface area contributed by atoms with Crippen molar-refractivity contribution in [2.75, 3.05) is 26.4 Å². The summed E-state index contributed by atoms with van der Waals surface area (Å²) < 4.78 is 23.2. The van der Waals surface area contributed by atoms with E-state index >= 15 is 0 Å². The van der Waals surface area contributed by atoms with Crippen molar-refractivity contribution in [3.63, 3.8) is 0 Å². The van der Waals surface area contributed by atoms with E-state index in [-0.39, 0.29) is 129 Å². The predicted octanol–water partition coefficient (Wildman–Crippen LogP) is -7.41. The first-order chi connectivity index (χ1) is 6.95. The number of esters is 1. The van der Waals surface area contributed by atoms with Gasteiger partial charge in [0.05, 0.1) is 27.6 Å². The van der Waals surface area contributed by atoms with E-state index in [1.807, 2.05) is 0 Å². The van der Waals surface area contributed by atoms with Crippen LogP contribution in [0.2, 0.25) is 0 Å². The summed E-state index contributed by atoms with van der Waals surface area (Å²) in [5, 5.41) is 0. The Morgan fingerprint density at radius 3 is 2.18 bits per heavy atom. The molecular formula is C7H11K2O7P. The van der Waals surface area contributed by atoms with Crippen LogP contribution < -0.4 is 113 Å². The standard InChI is InChI=1S/C7H13O7P.2K/c1-2-7(8)13-5-3-12-4-6-14-15(9,10)11;;/h2H,1,3-6H2,(H2,9,10,11);;/q;2*+1/p-2. The predicted molar refractivity (Wildman–Crippen MR) is 45.5 cm³/mol. The molecule has 0 aliphatic heterocycles. The summed E-state index contributed by atoms with van der Waals surface area (Å²) in [4.78, 5) is 30.4. The van der Waals surface area contributed by atoms with Crippen LogP contribution in [0.4, 0.5) is 0 Å². The van der Waals surface area contributed by atoms with Crippen LogP contribution in [0.3, 0.4) is 0 Å². The topological polar surface area (TPSA) is 108 Å². The van der Waals surface area contributed by atoms with Gasteiger partial charge in [0, 0.05) is 6.08 Å². The molecule has 0 saturated heterocycles. The van der Waals surface area contributed by atoms with Gasteiger partial charge in [0.2, 0.25) is 0 Å². The molecule has 0 unspecified atom stereocenters. The molecule has 10 heteroatoms. The van der Waals surface area contributed by atoms with E-state index in [1.165, 1.54) is 0 Å². The molecule has 0 spiro atoms. The number of ether oxygens (including phenoxy) is 2. The molecule has 0 rings (SSSR count). The molecule has 0 atom stereocenters. The number of phosphoric ester groups is 1. The molecule has 17 heavy (non-hydrogen) atoms. The van der Waals surface area contributed by atoms with Gasteiger partial charge >= 0.3 is 109 Å². The molecule has 0 amide bonds. The molecule has 0 fully saturated rings. The van der Waals surface area contributed by atoms with Gasteiger partial charge in [-0.15, -0.1) is 0 Å². The Bertz CT molecular complexity index is 255. The molecule has 0 bridgehead atoms. The molecular weight excluding hydrogens is 305 g/mol. The molecule has 88 valence electrons. The number of hydrogen-bond acceptors (Lipinski definition) is 7. The first-order valence-electron chi connectivity index (χ1n) is 3.99. The maximum atomic E-state index is 10.5. The van der Waals surface area contributed by atoms with Crippen LogP contribution >= 0.6 is 7.82 Å². The molecule has 0 aromatic carbocycles. The smallest absolute Gasteiger partial charge is 0.790 e. The fourth-order valence-electron chi connectivity index (χ4n) is 0.570. The molecule has 0 saturated carbocycles. The van der Waals surface area contributed by atoms with E-state index in [1.54, 1.807) is 0 Å². The molecule has 0 aliphatic rings. The number of hydrogen-bond donors (Lipinski definition) is 0. The van der Waals surface area contributed by atoms with Gasteiger partial charge in [-0.05, 0) is 0 Å². The van der Waals surface area contributed by atoms with Crippen molar-refractivity contribution in [2.24, 2.45) is 0 Å². The van der Waals surface area contributed by atoms with Crippen molar-refractivity contribution < 1.29 is 136 Å². The summed E-state index contributed by atoms with van der Waals surface area (Å²) in [6, 6.07) is 0. The molecule has 0 aliphatic carbocycles. The SMILES string of the molecule is C=CC(=O)OCCOCCOP(=O)([O-])[O-].[K+].[K+]. The van der Waals surface area contributed by atoms with Gasteiger partial charge < -0.3 is 28.3 Å². The zero-order valence-electron chi connectivity index (χ0n) is 9.92. The van der Waals surface area contributed by atoms with E-state index in [0.29, 0.717) is 0 Å². The fourth-order valence-corrected chi connectivity index (χ4v) is 0.868. The summed E-state index contributed by atoms with van der Waals surface area (Å²) in [6.07, 6.45) is 1.01. The van der Waals surface area contributed by atoms with Crippen LogP contribution in [0.1, 0.15) is 0 Å². The molecule has 0 radical (unpaired) electrons. The van der Waals surface area contributed by atoms with Gasteiger partial charge in [-0.25, -0.2) is 4.79 Å². The van der Waals surface area contributed by atoms with Gasteiger partial charge in [0.15, 0.2) is 0 Å². The van der Waals surface area contributed by atoms with Crippen molar-refractivity contribution in [2.45, 2.75) is 0 Å². The Labute approximate surface area is 185 Å². The second-order valence-electron chi connectivity index (χ2n) is 2.26. The minimum absolute atomic E-state index is 0. The van der Waals surface area contributed by atoms with Gasteiger partial charge in [0.1, 0.15) is 6.61 Å². The summed E-state index contributed by atoms with van der Waals surface area (Å²) >= 11 is 0. The third-order valence-corrected chi connectivity index (χ3v) is 1.61. The Kier molecular flexibility index (Phi) is 21.6. The van der Waals surface area contributed by atoms with Crippen molar-refractivity contribution in [3.8, 4) is 0 Å². The Hall–Kier alpha value is 2.55. The zero-order chi connectivity index (χ0) is 11.7. The number of rotatable bonds is 8. The first kappa shape index (κ1) is 24.6. The van der Waals surface area contributed by atoms with Crippen molar-refractivity contribution >= 4 is 13.8 Å². The van der Waals surface area contributed by atoms with E-state index in [2.05, 4.69) is 15.8 Å². The van der Waals surface area contributed by atoms with Crippen molar-refractivity contribution in [1.29, 1.82) is 0 Å². The molecule has 0 heterocycles. The van der Waals surface area contributed by atoms with Gasteiger partial charge in [-0.2, -0.15) is 0 Å². The summed E-state index contributed by atoms with van der Waals surface area (Å²) in [5.74, 6) is -0.571. The van der Waals surface area contributed by atoms with Crippen molar-refractivity contribution in [3.05, 3.63) is 12.7 Å². The van der Waals surface area contributed by atoms with Crippen LogP contribution in [0, 0.1) is 0 Å². The Morgan fingerprint density at radius 2 is 1.71 bits per heavy atom. The third-order valence-electron chi connectivity index (χ3n) is 1.12. The van der Waals surface area contributed by atoms with E-state index in [9.17, 15) is 19.1 Å². The van der Waals surface area contributed by atoms with Crippen LogP contribution in [0.25, 0.3) is 0 Å².